The summed E-state index contributed by atoms with van der Waals surface area (Å²) in [7, 11) is 0. The van der Waals surface area contributed by atoms with E-state index in [1.54, 1.807) is 17.5 Å². The summed E-state index contributed by atoms with van der Waals surface area (Å²) < 4.78 is 11.3. The predicted molar refractivity (Wildman–Crippen MR) is 105 cm³/mol. The number of nitrogens with zero attached hydrogens (tertiary/aromatic N) is 4. The van der Waals surface area contributed by atoms with Crippen LogP contribution in [0, 0.1) is 6.92 Å². The van der Waals surface area contributed by atoms with E-state index in [9.17, 15) is 0 Å². The summed E-state index contributed by atoms with van der Waals surface area (Å²) >= 11 is 3.03. The fourth-order valence-corrected chi connectivity index (χ4v) is 3.89. The quantitative estimate of drug-likeness (QED) is 0.417. The van der Waals surface area contributed by atoms with E-state index >= 15 is 0 Å². The average Bonchev–Trinajstić information content (AvgIpc) is 3.35. The number of pyridine rings is 1. The van der Waals surface area contributed by atoms with E-state index < -0.39 is 0 Å². The van der Waals surface area contributed by atoms with Gasteiger partial charge in [0.05, 0.1) is 11.4 Å². The van der Waals surface area contributed by atoms with Crippen LogP contribution in [0.5, 0.6) is 5.75 Å². The van der Waals surface area contributed by atoms with Crippen molar-refractivity contribution in [3.8, 4) is 16.5 Å². The molecule has 3 heterocycles. The number of hydrogen-bond acceptors (Lipinski definition) is 8. The first-order valence-corrected chi connectivity index (χ1v) is 10.1. The van der Waals surface area contributed by atoms with E-state index in [0.29, 0.717) is 16.9 Å². The lowest BCUT2D eigenvalue weighted by Crippen LogP contribution is -1.95. The Hall–Kier alpha value is -2.71. The Morgan fingerprint density at radius 3 is 2.96 bits per heavy atom. The van der Waals surface area contributed by atoms with Crippen LogP contribution >= 0.6 is 23.1 Å². The molecule has 0 unspecified atom stereocenters. The Bertz CT molecular complexity index is 1020. The monoisotopic (exact) mass is 396 g/mol. The Morgan fingerprint density at radius 1 is 1.15 bits per heavy atom. The summed E-state index contributed by atoms with van der Waals surface area (Å²) in [6, 6.07) is 13.6. The van der Waals surface area contributed by atoms with Crippen LogP contribution in [-0.2, 0) is 12.4 Å². The number of hydrogen-bond donors (Lipinski definition) is 0. The maximum Gasteiger partial charge on any atom is 0.277 e. The standard InChI is InChI=1S/C19H16N4O2S2/c1-13-5-4-6-15(9-13)24-10-17-22-23-19(25-17)27-12-14-11-26-18(21-14)16-7-2-3-8-20-16/h2-9,11H,10,12H2,1H3. The molecule has 0 aliphatic heterocycles. The molecule has 0 N–H and O–H groups in total. The van der Waals surface area contributed by atoms with E-state index in [1.165, 1.54) is 11.8 Å². The highest BCUT2D eigenvalue weighted by Crippen LogP contribution is 2.26. The molecule has 8 heteroatoms. The summed E-state index contributed by atoms with van der Waals surface area (Å²) in [6.07, 6.45) is 1.77. The molecule has 27 heavy (non-hydrogen) atoms. The van der Waals surface area contributed by atoms with Crippen molar-refractivity contribution in [1.29, 1.82) is 0 Å². The highest BCUT2D eigenvalue weighted by atomic mass is 32.2. The first-order valence-electron chi connectivity index (χ1n) is 8.27. The first kappa shape index (κ1) is 17.7. The Balaban J connectivity index is 1.31. The highest BCUT2D eigenvalue weighted by molar-refractivity contribution is 7.98. The lowest BCUT2D eigenvalue weighted by Gasteiger charge is -2.03. The molecular formula is C19H16N4O2S2. The lowest BCUT2D eigenvalue weighted by molar-refractivity contribution is 0.252. The molecule has 0 atom stereocenters. The van der Waals surface area contributed by atoms with E-state index in [1.807, 2.05) is 54.8 Å². The Labute approximate surface area is 164 Å². The van der Waals surface area contributed by atoms with Gasteiger partial charge in [-0.3, -0.25) is 4.98 Å². The maximum absolute atomic E-state index is 5.68. The van der Waals surface area contributed by atoms with Gasteiger partial charge in [-0.05, 0) is 36.8 Å². The normalized spacial score (nSPS) is 10.9. The van der Waals surface area contributed by atoms with Gasteiger partial charge >= 0.3 is 0 Å². The molecule has 0 aliphatic carbocycles. The Kier molecular flexibility index (Phi) is 5.45. The number of aromatic nitrogens is 4. The smallest absolute Gasteiger partial charge is 0.277 e. The molecular weight excluding hydrogens is 380 g/mol. The predicted octanol–water partition coefficient (Wildman–Crippen LogP) is 4.77. The third-order valence-electron chi connectivity index (χ3n) is 3.58. The van der Waals surface area contributed by atoms with Gasteiger partial charge in [0.15, 0.2) is 6.61 Å². The molecule has 0 fully saturated rings. The minimum Gasteiger partial charge on any atom is -0.484 e. The van der Waals surface area contributed by atoms with Gasteiger partial charge in [0.2, 0.25) is 0 Å². The molecule has 0 bridgehead atoms. The molecule has 0 spiro atoms. The fourth-order valence-electron chi connectivity index (χ4n) is 2.32. The Morgan fingerprint density at radius 2 is 2.11 bits per heavy atom. The van der Waals surface area contributed by atoms with Crippen LogP contribution in [0.15, 0.2) is 63.7 Å². The molecule has 0 saturated carbocycles. The van der Waals surface area contributed by atoms with Crippen LogP contribution in [0.2, 0.25) is 0 Å². The number of rotatable bonds is 7. The minimum atomic E-state index is 0.248. The first-order chi connectivity index (χ1) is 13.3. The zero-order chi connectivity index (χ0) is 18.5. The van der Waals surface area contributed by atoms with Crippen molar-refractivity contribution in [1.82, 2.24) is 20.2 Å². The molecule has 6 nitrogen and oxygen atoms in total. The van der Waals surface area contributed by atoms with Crippen molar-refractivity contribution in [3.63, 3.8) is 0 Å². The summed E-state index contributed by atoms with van der Waals surface area (Å²) in [5, 5.41) is 11.5. The largest absolute Gasteiger partial charge is 0.484 e. The number of thiazole rings is 1. The van der Waals surface area contributed by atoms with Gasteiger partial charge in [-0.1, -0.05) is 30.0 Å². The third kappa shape index (κ3) is 4.72. The summed E-state index contributed by atoms with van der Waals surface area (Å²) in [4.78, 5) is 8.93. The average molecular weight is 396 g/mol. The molecule has 0 aliphatic rings. The van der Waals surface area contributed by atoms with Gasteiger partial charge in [0.25, 0.3) is 11.1 Å². The van der Waals surface area contributed by atoms with E-state index in [-0.39, 0.29) is 6.61 Å². The van der Waals surface area contributed by atoms with Crippen LogP contribution in [0.25, 0.3) is 10.7 Å². The molecule has 3 aromatic heterocycles. The maximum atomic E-state index is 5.68. The van der Waals surface area contributed by atoms with E-state index in [0.717, 1.165) is 27.7 Å². The summed E-state index contributed by atoms with van der Waals surface area (Å²) in [5.74, 6) is 1.89. The zero-order valence-electron chi connectivity index (χ0n) is 14.5. The fraction of sp³-hybridized carbons (Fsp3) is 0.158. The third-order valence-corrected chi connectivity index (χ3v) is 5.35. The minimum absolute atomic E-state index is 0.248. The zero-order valence-corrected chi connectivity index (χ0v) is 16.2. The van der Waals surface area contributed by atoms with Gasteiger partial charge in [-0.2, -0.15) is 0 Å². The molecule has 4 rings (SSSR count). The molecule has 4 aromatic rings. The van der Waals surface area contributed by atoms with Crippen LogP contribution in [0.1, 0.15) is 17.1 Å². The van der Waals surface area contributed by atoms with Crippen molar-refractivity contribution >= 4 is 23.1 Å². The van der Waals surface area contributed by atoms with Crippen LogP contribution in [0.4, 0.5) is 0 Å². The number of thioether (sulfide) groups is 1. The van der Waals surface area contributed by atoms with Crippen molar-refractivity contribution in [2.45, 2.75) is 24.5 Å². The highest BCUT2D eigenvalue weighted by Gasteiger charge is 2.10. The van der Waals surface area contributed by atoms with Gasteiger partial charge in [-0.15, -0.1) is 21.5 Å². The van der Waals surface area contributed by atoms with Gasteiger partial charge < -0.3 is 9.15 Å². The second-order valence-corrected chi connectivity index (χ2v) is 7.50. The van der Waals surface area contributed by atoms with Crippen molar-refractivity contribution < 1.29 is 9.15 Å². The van der Waals surface area contributed by atoms with Crippen LogP contribution < -0.4 is 4.74 Å². The molecule has 0 radical (unpaired) electrons. The molecule has 0 amide bonds. The van der Waals surface area contributed by atoms with Crippen molar-refractivity contribution in [2.75, 3.05) is 0 Å². The van der Waals surface area contributed by atoms with Gasteiger partial charge in [0.1, 0.15) is 10.8 Å². The SMILES string of the molecule is Cc1cccc(OCc2nnc(SCc3csc(-c4ccccn4)n3)o2)c1. The number of benzene rings is 1. The molecule has 0 saturated heterocycles. The number of ether oxygens (including phenoxy) is 1. The van der Waals surface area contributed by atoms with Crippen LogP contribution in [0.3, 0.4) is 0 Å². The van der Waals surface area contributed by atoms with Gasteiger partial charge in [0, 0.05) is 17.3 Å². The second-order valence-electron chi connectivity index (χ2n) is 5.71. The van der Waals surface area contributed by atoms with E-state index in [4.69, 9.17) is 9.15 Å². The van der Waals surface area contributed by atoms with Crippen molar-refractivity contribution in [3.05, 3.63) is 71.2 Å². The van der Waals surface area contributed by atoms with Crippen LogP contribution in [-0.4, -0.2) is 20.2 Å². The lowest BCUT2D eigenvalue weighted by atomic mass is 10.2. The second kappa shape index (κ2) is 8.32. The van der Waals surface area contributed by atoms with E-state index in [2.05, 4.69) is 20.2 Å². The molecule has 1 aromatic carbocycles. The summed E-state index contributed by atoms with van der Waals surface area (Å²) in [6.45, 7) is 2.27. The van der Waals surface area contributed by atoms with Gasteiger partial charge in [-0.25, -0.2) is 4.98 Å². The van der Waals surface area contributed by atoms with Crippen molar-refractivity contribution in [2.24, 2.45) is 0 Å². The molecule has 136 valence electrons. The summed E-state index contributed by atoms with van der Waals surface area (Å²) in [5.41, 5.74) is 2.98. The number of aryl methyl sites for hydroxylation is 1. The topological polar surface area (TPSA) is 73.9 Å².